The molecule has 0 bridgehead atoms. The predicted molar refractivity (Wildman–Crippen MR) is 106 cm³/mol. The molecule has 0 saturated carbocycles. The first-order valence-electron chi connectivity index (χ1n) is 8.86. The number of carbonyl (C=O) groups is 1. The van der Waals surface area contributed by atoms with Crippen LogP contribution < -0.4 is 10.1 Å². The molecule has 0 heterocycles. The van der Waals surface area contributed by atoms with Gasteiger partial charge in [0.15, 0.2) is 0 Å². The van der Waals surface area contributed by atoms with E-state index in [0.29, 0.717) is 18.7 Å². The topological polar surface area (TPSA) is 38.3 Å². The van der Waals surface area contributed by atoms with Gasteiger partial charge in [-0.1, -0.05) is 56.0 Å². The van der Waals surface area contributed by atoms with Crippen molar-refractivity contribution in [3.05, 3.63) is 63.6 Å². The van der Waals surface area contributed by atoms with Crippen LogP contribution in [0, 0.1) is 6.92 Å². The van der Waals surface area contributed by atoms with Crippen molar-refractivity contribution in [3.8, 4) is 5.75 Å². The number of ether oxygens (including phenoxy) is 1. The van der Waals surface area contributed by atoms with Gasteiger partial charge >= 0.3 is 0 Å². The minimum atomic E-state index is -0.0872. The highest BCUT2D eigenvalue weighted by Gasteiger charge is 2.09. The lowest BCUT2D eigenvalue weighted by Crippen LogP contribution is -2.22. The van der Waals surface area contributed by atoms with E-state index < -0.39 is 0 Å². The SMILES string of the molecule is CCCCCCOc1ccc(C(=O)NCc2ccc(C)cc2)cc1Br. The van der Waals surface area contributed by atoms with Gasteiger partial charge in [0.25, 0.3) is 5.91 Å². The largest absolute Gasteiger partial charge is 0.492 e. The number of amides is 1. The highest BCUT2D eigenvalue weighted by atomic mass is 79.9. The number of hydrogen-bond acceptors (Lipinski definition) is 2. The summed E-state index contributed by atoms with van der Waals surface area (Å²) in [5.74, 6) is 0.697. The van der Waals surface area contributed by atoms with E-state index in [2.05, 4.69) is 28.2 Å². The van der Waals surface area contributed by atoms with Crippen molar-refractivity contribution in [2.45, 2.75) is 46.1 Å². The summed E-state index contributed by atoms with van der Waals surface area (Å²) < 4.78 is 6.59. The minimum Gasteiger partial charge on any atom is -0.492 e. The van der Waals surface area contributed by atoms with Crippen LogP contribution in [0.3, 0.4) is 0 Å². The summed E-state index contributed by atoms with van der Waals surface area (Å²) in [5, 5.41) is 2.95. The van der Waals surface area contributed by atoms with Gasteiger partial charge in [0.1, 0.15) is 5.75 Å². The second kappa shape index (κ2) is 10.2. The Morgan fingerprint density at radius 3 is 2.52 bits per heavy atom. The first kappa shape index (κ1) is 19.5. The Morgan fingerprint density at radius 2 is 1.84 bits per heavy atom. The first-order valence-corrected chi connectivity index (χ1v) is 9.65. The number of benzene rings is 2. The molecule has 0 spiro atoms. The number of aryl methyl sites for hydroxylation is 1. The van der Waals surface area contributed by atoms with Gasteiger partial charge in [-0.25, -0.2) is 0 Å². The Hall–Kier alpha value is -1.81. The van der Waals surface area contributed by atoms with Crippen LogP contribution in [-0.2, 0) is 6.54 Å². The van der Waals surface area contributed by atoms with E-state index in [1.165, 1.54) is 24.8 Å². The third-order valence-electron chi connectivity index (χ3n) is 4.02. The molecule has 2 rings (SSSR count). The van der Waals surface area contributed by atoms with Crippen LogP contribution >= 0.6 is 15.9 Å². The summed E-state index contributed by atoms with van der Waals surface area (Å²) in [6, 6.07) is 13.6. The molecule has 0 aliphatic heterocycles. The van der Waals surface area contributed by atoms with Gasteiger partial charge < -0.3 is 10.1 Å². The van der Waals surface area contributed by atoms with Crippen molar-refractivity contribution in [1.29, 1.82) is 0 Å². The second-order valence-corrected chi connectivity index (χ2v) is 7.08. The number of nitrogens with one attached hydrogen (secondary N) is 1. The maximum absolute atomic E-state index is 12.3. The molecule has 0 saturated heterocycles. The fraction of sp³-hybridized carbons (Fsp3) is 0.381. The molecule has 25 heavy (non-hydrogen) atoms. The fourth-order valence-corrected chi connectivity index (χ4v) is 2.95. The van der Waals surface area contributed by atoms with Crippen molar-refractivity contribution in [3.63, 3.8) is 0 Å². The highest BCUT2D eigenvalue weighted by Crippen LogP contribution is 2.26. The molecular weight excluding hydrogens is 378 g/mol. The van der Waals surface area contributed by atoms with E-state index in [0.717, 1.165) is 22.2 Å². The first-order chi connectivity index (χ1) is 12.1. The van der Waals surface area contributed by atoms with E-state index in [1.807, 2.05) is 43.3 Å². The summed E-state index contributed by atoms with van der Waals surface area (Å²) in [5.41, 5.74) is 2.92. The number of halogens is 1. The van der Waals surface area contributed by atoms with Crippen LogP contribution in [0.5, 0.6) is 5.75 Å². The third kappa shape index (κ3) is 6.54. The molecule has 0 aromatic heterocycles. The number of unbranched alkanes of at least 4 members (excludes halogenated alkanes) is 3. The Labute approximate surface area is 158 Å². The van der Waals surface area contributed by atoms with E-state index in [1.54, 1.807) is 6.07 Å². The van der Waals surface area contributed by atoms with Crippen molar-refractivity contribution in [2.24, 2.45) is 0 Å². The maximum atomic E-state index is 12.3. The molecule has 3 nitrogen and oxygen atoms in total. The average Bonchev–Trinajstić information content (AvgIpc) is 2.62. The molecule has 4 heteroatoms. The molecule has 0 aliphatic carbocycles. The molecule has 2 aromatic rings. The second-order valence-electron chi connectivity index (χ2n) is 6.22. The van der Waals surface area contributed by atoms with Crippen molar-refractivity contribution < 1.29 is 9.53 Å². The zero-order valence-corrected chi connectivity index (χ0v) is 16.6. The molecule has 0 fully saturated rings. The van der Waals surface area contributed by atoms with Crippen LogP contribution in [0.15, 0.2) is 46.9 Å². The van der Waals surface area contributed by atoms with Gasteiger partial charge in [-0.2, -0.15) is 0 Å². The van der Waals surface area contributed by atoms with Gasteiger partial charge in [0.05, 0.1) is 11.1 Å². The lowest BCUT2D eigenvalue weighted by molar-refractivity contribution is 0.0951. The molecular formula is C21H26BrNO2. The summed E-state index contributed by atoms with van der Waals surface area (Å²) in [6.45, 7) is 5.47. The minimum absolute atomic E-state index is 0.0872. The Bertz CT molecular complexity index is 683. The van der Waals surface area contributed by atoms with Crippen molar-refractivity contribution in [1.82, 2.24) is 5.32 Å². The van der Waals surface area contributed by atoms with E-state index in [4.69, 9.17) is 4.74 Å². The summed E-state index contributed by atoms with van der Waals surface area (Å²) in [4.78, 5) is 12.3. The summed E-state index contributed by atoms with van der Waals surface area (Å²) in [7, 11) is 0. The van der Waals surface area contributed by atoms with E-state index >= 15 is 0 Å². The fourth-order valence-electron chi connectivity index (χ4n) is 2.46. The van der Waals surface area contributed by atoms with Crippen LogP contribution in [0.4, 0.5) is 0 Å². The molecule has 0 unspecified atom stereocenters. The molecule has 1 N–H and O–H groups in total. The van der Waals surface area contributed by atoms with Gasteiger partial charge in [0.2, 0.25) is 0 Å². The predicted octanol–water partition coefficient (Wildman–Crippen LogP) is 5.65. The van der Waals surface area contributed by atoms with Crippen molar-refractivity contribution in [2.75, 3.05) is 6.61 Å². The average molecular weight is 404 g/mol. The zero-order chi connectivity index (χ0) is 18.1. The lowest BCUT2D eigenvalue weighted by atomic mass is 10.1. The van der Waals surface area contributed by atoms with Crippen LogP contribution in [0.25, 0.3) is 0 Å². The Kier molecular flexibility index (Phi) is 7.99. The molecule has 1 amide bonds. The normalized spacial score (nSPS) is 10.5. The highest BCUT2D eigenvalue weighted by molar-refractivity contribution is 9.10. The van der Waals surface area contributed by atoms with Crippen LogP contribution in [0.1, 0.15) is 54.1 Å². The Morgan fingerprint density at radius 1 is 1.08 bits per heavy atom. The number of rotatable bonds is 9. The lowest BCUT2D eigenvalue weighted by Gasteiger charge is -2.10. The molecule has 134 valence electrons. The van der Waals surface area contributed by atoms with Gasteiger partial charge in [-0.15, -0.1) is 0 Å². The monoisotopic (exact) mass is 403 g/mol. The third-order valence-corrected chi connectivity index (χ3v) is 4.64. The summed E-state index contributed by atoms with van der Waals surface area (Å²) >= 11 is 3.50. The molecule has 0 radical (unpaired) electrons. The van der Waals surface area contributed by atoms with E-state index in [9.17, 15) is 4.79 Å². The number of carbonyl (C=O) groups excluding carboxylic acids is 1. The van der Waals surface area contributed by atoms with Crippen molar-refractivity contribution >= 4 is 21.8 Å². The number of hydrogen-bond donors (Lipinski definition) is 1. The summed E-state index contributed by atoms with van der Waals surface area (Å²) in [6.07, 6.45) is 4.70. The maximum Gasteiger partial charge on any atom is 0.251 e. The van der Waals surface area contributed by atoms with Gasteiger partial charge in [-0.05, 0) is 53.0 Å². The quantitative estimate of drug-likeness (QED) is 0.549. The molecule has 0 atom stereocenters. The molecule has 0 aliphatic rings. The van der Waals surface area contributed by atoms with Crippen LogP contribution in [-0.4, -0.2) is 12.5 Å². The Balaban J connectivity index is 1.85. The molecule has 2 aromatic carbocycles. The van der Waals surface area contributed by atoms with Gasteiger partial charge in [0, 0.05) is 12.1 Å². The standard InChI is InChI=1S/C21H26BrNO2/c1-3-4-5-6-13-25-20-12-11-18(14-19(20)22)21(24)23-15-17-9-7-16(2)8-10-17/h7-12,14H,3-6,13,15H2,1-2H3,(H,23,24). The van der Waals surface area contributed by atoms with Gasteiger partial charge in [-0.3, -0.25) is 4.79 Å². The van der Waals surface area contributed by atoms with E-state index in [-0.39, 0.29) is 5.91 Å². The smallest absolute Gasteiger partial charge is 0.251 e. The zero-order valence-electron chi connectivity index (χ0n) is 15.0. The van der Waals surface area contributed by atoms with Crippen LogP contribution in [0.2, 0.25) is 0 Å².